The maximum absolute atomic E-state index is 14.4. The fraction of sp³-hybridized carbons (Fsp3) is 0.600. The lowest BCUT2D eigenvalue weighted by Gasteiger charge is -2.30. The molecule has 0 radical (unpaired) electrons. The highest BCUT2D eigenvalue weighted by molar-refractivity contribution is 8.13. The Morgan fingerprint density at radius 1 is 1.35 bits per heavy atom. The monoisotopic (exact) mass is 377 g/mol. The molecule has 0 unspecified atom stereocenters. The molecule has 1 fully saturated rings. The van der Waals surface area contributed by atoms with E-state index in [-0.39, 0.29) is 11.6 Å². The van der Waals surface area contributed by atoms with Gasteiger partial charge in [-0.15, -0.1) is 0 Å². The standard InChI is InChI=1S/C20H28FN3OS/c1-20(8-12-26-19(22)23-20)17-14-15(5-6-18(17)21)13-16(25)7-11-24-9-3-2-4-10-24/h5-6,14H,2-4,7-13H2,1H3,(H2,22,23)/t20-/m0/s1. The van der Waals surface area contributed by atoms with Gasteiger partial charge in [0.1, 0.15) is 11.6 Å². The van der Waals surface area contributed by atoms with Crippen LogP contribution < -0.4 is 5.73 Å². The number of carbonyl (C=O) groups is 1. The van der Waals surface area contributed by atoms with Gasteiger partial charge in [-0.25, -0.2) is 4.39 Å². The van der Waals surface area contributed by atoms with Crippen molar-refractivity contribution in [2.24, 2.45) is 10.7 Å². The number of amidine groups is 1. The summed E-state index contributed by atoms with van der Waals surface area (Å²) in [6.45, 7) is 4.95. The number of nitrogens with zero attached hydrogens (tertiary/aromatic N) is 2. The predicted molar refractivity (Wildman–Crippen MR) is 106 cm³/mol. The first-order valence-electron chi connectivity index (χ1n) is 9.47. The van der Waals surface area contributed by atoms with Gasteiger partial charge in [-0.1, -0.05) is 30.3 Å². The van der Waals surface area contributed by atoms with Gasteiger partial charge < -0.3 is 10.6 Å². The molecule has 0 amide bonds. The van der Waals surface area contributed by atoms with Crippen LogP contribution in [0.3, 0.4) is 0 Å². The zero-order valence-electron chi connectivity index (χ0n) is 15.5. The van der Waals surface area contributed by atoms with Gasteiger partial charge >= 0.3 is 0 Å². The molecule has 142 valence electrons. The fourth-order valence-corrected chi connectivity index (χ4v) is 4.73. The van der Waals surface area contributed by atoms with Gasteiger partial charge in [0, 0.05) is 30.7 Å². The molecule has 1 saturated heterocycles. The second kappa shape index (κ2) is 8.53. The maximum Gasteiger partial charge on any atom is 0.154 e. The van der Waals surface area contributed by atoms with Crippen molar-refractivity contribution in [3.63, 3.8) is 0 Å². The van der Waals surface area contributed by atoms with Crippen molar-refractivity contribution in [1.82, 2.24) is 4.90 Å². The van der Waals surface area contributed by atoms with E-state index in [1.54, 1.807) is 12.1 Å². The molecule has 1 aromatic rings. The average molecular weight is 378 g/mol. The summed E-state index contributed by atoms with van der Waals surface area (Å²) in [5, 5.41) is 0.501. The quantitative estimate of drug-likeness (QED) is 0.825. The van der Waals surface area contributed by atoms with Crippen LogP contribution >= 0.6 is 11.8 Å². The van der Waals surface area contributed by atoms with Gasteiger partial charge in [0.05, 0.1) is 5.54 Å². The van der Waals surface area contributed by atoms with Gasteiger partial charge in [-0.3, -0.25) is 9.79 Å². The van der Waals surface area contributed by atoms with Crippen molar-refractivity contribution in [2.45, 2.75) is 51.0 Å². The number of halogens is 1. The molecule has 1 aromatic carbocycles. The van der Waals surface area contributed by atoms with Crippen LogP contribution in [0.2, 0.25) is 0 Å². The summed E-state index contributed by atoms with van der Waals surface area (Å²) in [6.07, 6.45) is 5.41. The highest BCUT2D eigenvalue weighted by atomic mass is 32.2. The third-order valence-corrected chi connectivity index (χ3v) is 6.16. The van der Waals surface area contributed by atoms with E-state index in [1.165, 1.54) is 37.1 Å². The van der Waals surface area contributed by atoms with Crippen LogP contribution in [0.1, 0.15) is 50.2 Å². The Labute approximate surface area is 159 Å². The Morgan fingerprint density at radius 3 is 2.85 bits per heavy atom. The summed E-state index contributed by atoms with van der Waals surface area (Å²) >= 11 is 1.50. The molecule has 1 atom stereocenters. The number of nitrogens with two attached hydrogens (primary N) is 1. The lowest BCUT2D eigenvalue weighted by Crippen LogP contribution is -2.32. The van der Waals surface area contributed by atoms with Crippen LogP contribution in [0.25, 0.3) is 0 Å². The van der Waals surface area contributed by atoms with Gasteiger partial charge in [-0.05, 0) is 50.9 Å². The summed E-state index contributed by atoms with van der Waals surface area (Å²) in [5.74, 6) is 0.755. The normalized spacial score (nSPS) is 24.3. The molecule has 6 heteroatoms. The molecule has 0 bridgehead atoms. The van der Waals surface area contributed by atoms with E-state index in [0.29, 0.717) is 23.6 Å². The van der Waals surface area contributed by atoms with Crippen LogP contribution in [0.5, 0.6) is 0 Å². The number of rotatable bonds is 6. The highest BCUT2D eigenvalue weighted by Crippen LogP contribution is 2.36. The van der Waals surface area contributed by atoms with Gasteiger partial charge in [-0.2, -0.15) is 0 Å². The molecular formula is C20H28FN3OS. The smallest absolute Gasteiger partial charge is 0.154 e. The number of likely N-dealkylation sites (tertiary alicyclic amines) is 1. The topological polar surface area (TPSA) is 58.7 Å². The Morgan fingerprint density at radius 2 is 2.12 bits per heavy atom. The number of benzene rings is 1. The minimum atomic E-state index is -0.647. The lowest BCUT2D eigenvalue weighted by molar-refractivity contribution is -0.118. The molecule has 2 aliphatic heterocycles. The zero-order chi connectivity index (χ0) is 18.6. The summed E-state index contributed by atoms with van der Waals surface area (Å²) < 4.78 is 14.4. The summed E-state index contributed by atoms with van der Waals surface area (Å²) in [6, 6.07) is 4.98. The number of ketones is 1. The Balaban J connectivity index is 1.65. The average Bonchev–Trinajstić information content (AvgIpc) is 2.62. The van der Waals surface area contributed by atoms with E-state index in [2.05, 4.69) is 9.89 Å². The Hall–Kier alpha value is -1.40. The third kappa shape index (κ3) is 4.86. The maximum atomic E-state index is 14.4. The van der Waals surface area contributed by atoms with Crippen LogP contribution in [0.4, 0.5) is 4.39 Å². The molecule has 4 nitrogen and oxygen atoms in total. The first-order chi connectivity index (χ1) is 12.5. The number of aliphatic imine (C=N–C) groups is 1. The molecule has 2 aliphatic rings. The van der Waals surface area contributed by atoms with E-state index < -0.39 is 5.54 Å². The van der Waals surface area contributed by atoms with Gasteiger partial charge in [0.15, 0.2) is 5.17 Å². The molecule has 0 saturated carbocycles. The van der Waals surface area contributed by atoms with Crippen molar-refractivity contribution in [1.29, 1.82) is 0 Å². The number of hydrogen-bond donors (Lipinski definition) is 1. The summed E-state index contributed by atoms with van der Waals surface area (Å²) in [5.41, 5.74) is 6.62. The third-order valence-electron chi connectivity index (χ3n) is 5.36. The molecule has 0 aromatic heterocycles. The molecule has 2 heterocycles. The minimum absolute atomic E-state index is 0.209. The second-order valence-corrected chi connectivity index (χ2v) is 8.62. The number of thioether (sulfide) groups is 1. The first kappa shape index (κ1) is 19.4. The lowest BCUT2D eigenvalue weighted by atomic mass is 9.87. The summed E-state index contributed by atoms with van der Waals surface area (Å²) in [4.78, 5) is 19.2. The molecule has 0 spiro atoms. The predicted octanol–water partition coefficient (Wildman–Crippen LogP) is 3.48. The van der Waals surface area contributed by atoms with E-state index >= 15 is 0 Å². The van der Waals surface area contributed by atoms with E-state index in [4.69, 9.17) is 5.73 Å². The Kier molecular flexibility index (Phi) is 6.35. The van der Waals surface area contributed by atoms with Crippen LogP contribution in [-0.4, -0.2) is 41.2 Å². The van der Waals surface area contributed by atoms with E-state index in [9.17, 15) is 9.18 Å². The Bertz CT molecular complexity index is 688. The SMILES string of the molecule is C[C@@]1(c2cc(CC(=O)CCN3CCCCC3)ccc2F)CCSC(N)=N1. The van der Waals surface area contributed by atoms with E-state index in [0.717, 1.165) is 37.4 Å². The van der Waals surface area contributed by atoms with Crippen molar-refractivity contribution < 1.29 is 9.18 Å². The zero-order valence-corrected chi connectivity index (χ0v) is 16.3. The van der Waals surface area contributed by atoms with Crippen LogP contribution in [0.15, 0.2) is 23.2 Å². The number of carbonyl (C=O) groups excluding carboxylic acids is 1. The highest BCUT2D eigenvalue weighted by Gasteiger charge is 2.32. The molecule has 0 aliphatic carbocycles. The van der Waals surface area contributed by atoms with Gasteiger partial charge in [0.2, 0.25) is 0 Å². The molecule has 2 N–H and O–H groups in total. The van der Waals surface area contributed by atoms with Crippen molar-refractivity contribution in [3.05, 3.63) is 35.1 Å². The van der Waals surface area contributed by atoms with Crippen molar-refractivity contribution in [2.75, 3.05) is 25.4 Å². The van der Waals surface area contributed by atoms with E-state index in [1.807, 2.05) is 6.92 Å². The number of piperidine rings is 1. The van der Waals surface area contributed by atoms with Crippen molar-refractivity contribution >= 4 is 22.7 Å². The van der Waals surface area contributed by atoms with Gasteiger partial charge in [0.25, 0.3) is 0 Å². The summed E-state index contributed by atoms with van der Waals surface area (Å²) in [7, 11) is 0. The van der Waals surface area contributed by atoms with Crippen LogP contribution in [0, 0.1) is 5.82 Å². The van der Waals surface area contributed by atoms with Crippen molar-refractivity contribution in [3.8, 4) is 0 Å². The molecule has 3 rings (SSSR count). The second-order valence-electron chi connectivity index (χ2n) is 7.50. The fourth-order valence-electron chi connectivity index (χ4n) is 3.76. The number of Topliss-reactive ketones (excluding diaryl/α,β-unsaturated/α-hetero) is 1. The largest absolute Gasteiger partial charge is 0.379 e. The molecule has 26 heavy (non-hydrogen) atoms. The number of hydrogen-bond acceptors (Lipinski definition) is 5. The first-order valence-corrected chi connectivity index (χ1v) is 10.5. The minimum Gasteiger partial charge on any atom is -0.379 e. The molecular weight excluding hydrogens is 349 g/mol. The van der Waals surface area contributed by atoms with Crippen LogP contribution in [-0.2, 0) is 16.8 Å².